The van der Waals surface area contributed by atoms with Crippen molar-refractivity contribution in [1.82, 2.24) is 4.90 Å². The van der Waals surface area contributed by atoms with E-state index in [2.05, 4.69) is 11.5 Å². The summed E-state index contributed by atoms with van der Waals surface area (Å²) in [7, 11) is 0. The van der Waals surface area contributed by atoms with Gasteiger partial charge in [0.1, 0.15) is 0 Å². The molecular formula is C12H23NO3. The van der Waals surface area contributed by atoms with E-state index in [9.17, 15) is 5.11 Å². The number of β-amino-alcohol motifs (C(OH)–C–C–N with tert-alkyl or cyclic N) is 1. The molecule has 0 radical (unpaired) electrons. The molecule has 1 unspecified atom stereocenters. The molecule has 0 saturated carbocycles. The van der Waals surface area contributed by atoms with E-state index in [0.717, 1.165) is 26.3 Å². The molecule has 1 aliphatic heterocycles. The number of rotatable bonds is 6. The van der Waals surface area contributed by atoms with Crippen molar-refractivity contribution in [3.8, 4) is 0 Å². The number of morpholine rings is 1. The van der Waals surface area contributed by atoms with Gasteiger partial charge in [-0.3, -0.25) is 4.90 Å². The molecule has 1 aliphatic rings. The van der Waals surface area contributed by atoms with Gasteiger partial charge in [0.05, 0.1) is 31.5 Å². The molecule has 0 aromatic rings. The monoisotopic (exact) mass is 229 g/mol. The van der Waals surface area contributed by atoms with Crippen LogP contribution in [0.1, 0.15) is 13.8 Å². The summed E-state index contributed by atoms with van der Waals surface area (Å²) in [4.78, 5) is 2.19. The van der Waals surface area contributed by atoms with E-state index < -0.39 is 6.10 Å². The topological polar surface area (TPSA) is 41.9 Å². The predicted molar refractivity (Wildman–Crippen MR) is 63.5 cm³/mol. The Balaban J connectivity index is 2.19. The van der Waals surface area contributed by atoms with Crippen LogP contribution >= 0.6 is 0 Å². The summed E-state index contributed by atoms with van der Waals surface area (Å²) in [5.74, 6) is 0. The molecule has 0 aromatic carbocycles. The van der Waals surface area contributed by atoms with E-state index in [0.29, 0.717) is 13.2 Å². The second kappa shape index (κ2) is 6.35. The maximum atomic E-state index is 9.82. The molecule has 1 heterocycles. The fraction of sp³-hybridized carbons (Fsp3) is 0.833. The first-order valence-electron chi connectivity index (χ1n) is 5.79. The van der Waals surface area contributed by atoms with Crippen molar-refractivity contribution in [2.75, 3.05) is 39.5 Å². The average molecular weight is 229 g/mol. The molecule has 4 heteroatoms. The standard InChI is InChI=1S/C12H23NO3/c1-4-12(2,3)16-10-11(14)9-13-5-7-15-8-6-13/h4,11,14H,1,5-10H2,2-3H3. The van der Waals surface area contributed by atoms with E-state index in [1.807, 2.05) is 13.8 Å². The van der Waals surface area contributed by atoms with Crippen LogP contribution in [0.2, 0.25) is 0 Å². The first-order chi connectivity index (χ1) is 7.53. The summed E-state index contributed by atoms with van der Waals surface area (Å²) in [6, 6.07) is 0. The van der Waals surface area contributed by atoms with Crippen LogP contribution in [0.25, 0.3) is 0 Å². The van der Waals surface area contributed by atoms with Gasteiger partial charge < -0.3 is 14.6 Å². The fourth-order valence-electron chi connectivity index (χ4n) is 1.50. The zero-order valence-electron chi connectivity index (χ0n) is 10.3. The highest BCUT2D eigenvalue weighted by Crippen LogP contribution is 2.10. The summed E-state index contributed by atoms with van der Waals surface area (Å²) in [5, 5.41) is 9.82. The van der Waals surface area contributed by atoms with Crippen molar-refractivity contribution in [2.24, 2.45) is 0 Å². The lowest BCUT2D eigenvalue weighted by molar-refractivity contribution is -0.0515. The number of hydrogen-bond donors (Lipinski definition) is 1. The van der Waals surface area contributed by atoms with Crippen LogP contribution in [0.4, 0.5) is 0 Å². The molecule has 4 nitrogen and oxygen atoms in total. The SMILES string of the molecule is C=CC(C)(C)OCC(O)CN1CCOCC1. The Hall–Kier alpha value is -0.420. The minimum absolute atomic E-state index is 0.344. The van der Waals surface area contributed by atoms with Crippen LogP contribution in [0.15, 0.2) is 12.7 Å². The van der Waals surface area contributed by atoms with Gasteiger partial charge in [0.25, 0.3) is 0 Å². The van der Waals surface area contributed by atoms with Crippen molar-refractivity contribution >= 4 is 0 Å². The summed E-state index contributed by atoms with van der Waals surface area (Å²) in [6.07, 6.45) is 1.30. The number of ether oxygens (including phenoxy) is 2. The van der Waals surface area contributed by atoms with Gasteiger partial charge in [-0.1, -0.05) is 6.08 Å². The van der Waals surface area contributed by atoms with Gasteiger partial charge in [-0.05, 0) is 13.8 Å². The van der Waals surface area contributed by atoms with Crippen LogP contribution in [0.3, 0.4) is 0 Å². The number of nitrogens with zero attached hydrogens (tertiary/aromatic N) is 1. The van der Waals surface area contributed by atoms with E-state index >= 15 is 0 Å². The zero-order chi connectivity index (χ0) is 12.0. The minimum atomic E-state index is -0.447. The third-order valence-corrected chi connectivity index (χ3v) is 2.71. The molecule has 16 heavy (non-hydrogen) atoms. The summed E-state index contributed by atoms with van der Waals surface area (Å²) in [5.41, 5.74) is -0.369. The lowest BCUT2D eigenvalue weighted by Gasteiger charge is -2.29. The molecule has 0 spiro atoms. The predicted octanol–water partition coefficient (Wildman–Crippen LogP) is 0.661. The van der Waals surface area contributed by atoms with Gasteiger partial charge >= 0.3 is 0 Å². The first-order valence-corrected chi connectivity index (χ1v) is 5.79. The lowest BCUT2D eigenvalue weighted by atomic mass is 10.1. The molecule has 1 fully saturated rings. The fourth-order valence-corrected chi connectivity index (χ4v) is 1.50. The van der Waals surface area contributed by atoms with E-state index in [4.69, 9.17) is 9.47 Å². The molecule has 94 valence electrons. The highest BCUT2D eigenvalue weighted by atomic mass is 16.5. The van der Waals surface area contributed by atoms with Crippen molar-refractivity contribution in [2.45, 2.75) is 25.6 Å². The molecule has 0 amide bonds. The smallest absolute Gasteiger partial charge is 0.0900 e. The number of aliphatic hydroxyl groups is 1. The van der Waals surface area contributed by atoms with Crippen molar-refractivity contribution < 1.29 is 14.6 Å². The maximum Gasteiger partial charge on any atom is 0.0900 e. The average Bonchev–Trinajstić information content (AvgIpc) is 2.28. The Bertz CT molecular complexity index is 212. The molecular weight excluding hydrogens is 206 g/mol. The molecule has 1 N–H and O–H groups in total. The van der Waals surface area contributed by atoms with Gasteiger partial charge in [-0.15, -0.1) is 6.58 Å². The minimum Gasteiger partial charge on any atom is -0.389 e. The number of aliphatic hydroxyl groups excluding tert-OH is 1. The Morgan fingerprint density at radius 1 is 1.50 bits per heavy atom. The lowest BCUT2D eigenvalue weighted by Crippen LogP contribution is -2.42. The maximum absolute atomic E-state index is 9.82. The van der Waals surface area contributed by atoms with Crippen molar-refractivity contribution in [3.05, 3.63) is 12.7 Å². The van der Waals surface area contributed by atoms with Crippen LogP contribution in [-0.2, 0) is 9.47 Å². The molecule has 0 aliphatic carbocycles. The van der Waals surface area contributed by atoms with E-state index in [1.54, 1.807) is 6.08 Å². The van der Waals surface area contributed by atoms with Gasteiger partial charge in [0, 0.05) is 19.6 Å². The second-order valence-electron chi connectivity index (χ2n) is 4.69. The van der Waals surface area contributed by atoms with Crippen LogP contribution in [0.5, 0.6) is 0 Å². The highest BCUT2D eigenvalue weighted by molar-refractivity contribution is 4.89. The van der Waals surface area contributed by atoms with Gasteiger partial charge in [0.2, 0.25) is 0 Å². The molecule has 0 aromatic heterocycles. The van der Waals surface area contributed by atoms with Crippen LogP contribution in [-0.4, -0.2) is 61.2 Å². The second-order valence-corrected chi connectivity index (χ2v) is 4.69. The molecule has 1 saturated heterocycles. The van der Waals surface area contributed by atoms with E-state index in [-0.39, 0.29) is 5.60 Å². The van der Waals surface area contributed by atoms with Gasteiger partial charge in [0.15, 0.2) is 0 Å². The summed E-state index contributed by atoms with van der Waals surface area (Å²) >= 11 is 0. The normalized spacial score (nSPS) is 20.7. The van der Waals surface area contributed by atoms with Crippen molar-refractivity contribution in [1.29, 1.82) is 0 Å². The van der Waals surface area contributed by atoms with Crippen molar-refractivity contribution in [3.63, 3.8) is 0 Å². The Labute approximate surface area is 97.8 Å². The Kier molecular flexibility index (Phi) is 5.41. The van der Waals surface area contributed by atoms with Gasteiger partial charge in [-0.2, -0.15) is 0 Å². The third-order valence-electron chi connectivity index (χ3n) is 2.71. The molecule has 1 atom stereocenters. The summed E-state index contributed by atoms with van der Waals surface area (Å²) in [6.45, 7) is 11.8. The third kappa shape index (κ3) is 5.07. The largest absolute Gasteiger partial charge is 0.389 e. The quantitative estimate of drug-likeness (QED) is 0.679. The van der Waals surface area contributed by atoms with Crippen LogP contribution in [0, 0.1) is 0 Å². The van der Waals surface area contributed by atoms with Gasteiger partial charge in [-0.25, -0.2) is 0 Å². The Morgan fingerprint density at radius 2 is 2.12 bits per heavy atom. The van der Waals surface area contributed by atoms with E-state index in [1.165, 1.54) is 0 Å². The Morgan fingerprint density at radius 3 is 2.69 bits per heavy atom. The first kappa shape index (κ1) is 13.6. The molecule has 0 bridgehead atoms. The zero-order valence-corrected chi connectivity index (χ0v) is 10.3. The van der Waals surface area contributed by atoms with Crippen LogP contribution < -0.4 is 0 Å². The summed E-state index contributed by atoms with van der Waals surface area (Å²) < 4.78 is 10.8. The highest BCUT2D eigenvalue weighted by Gasteiger charge is 2.18. The number of hydrogen-bond acceptors (Lipinski definition) is 4. The molecule has 1 rings (SSSR count).